The Bertz CT molecular complexity index is 480. The second-order valence-electron chi connectivity index (χ2n) is 4.40. The van der Waals surface area contributed by atoms with Crippen LogP contribution in [0.25, 0.3) is 0 Å². The molecule has 1 N–H and O–H groups in total. The van der Waals surface area contributed by atoms with Crippen molar-refractivity contribution in [1.29, 1.82) is 0 Å². The Balaban J connectivity index is 2.60. The summed E-state index contributed by atoms with van der Waals surface area (Å²) in [7, 11) is 1.55. The van der Waals surface area contributed by atoms with Gasteiger partial charge in [0.2, 0.25) is 11.8 Å². The fourth-order valence-electron chi connectivity index (χ4n) is 1.83. The number of hydrogen-bond acceptors (Lipinski definition) is 4. The number of carbonyl (C=O) groups is 2. The average molecular weight is 310 g/mol. The number of rotatable bonds is 8. The van der Waals surface area contributed by atoms with Crippen LogP contribution in [0.2, 0.25) is 0 Å². The van der Waals surface area contributed by atoms with Crippen LogP contribution in [0.3, 0.4) is 0 Å². The number of nitrogens with zero attached hydrogens (tertiary/aromatic N) is 1. The molecule has 0 unspecified atom stereocenters. The summed E-state index contributed by atoms with van der Waals surface area (Å²) in [4.78, 5) is 25.6. The third-order valence-electron chi connectivity index (χ3n) is 2.97. The molecule has 0 fully saturated rings. The van der Waals surface area contributed by atoms with E-state index in [4.69, 9.17) is 4.74 Å². The first-order valence-electron chi connectivity index (χ1n) is 6.82. The predicted octanol–water partition coefficient (Wildman–Crippen LogP) is 2.24. The zero-order valence-corrected chi connectivity index (χ0v) is 13.5. The molecule has 21 heavy (non-hydrogen) atoms. The number of para-hydroxylation sites is 2. The summed E-state index contributed by atoms with van der Waals surface area (Å²) in [6, 6.07) is 7.19. The monoisotopic (exact) mass is 310 g/mol. The van der Waals surface area contributed by atoms with Gasteiger partial charge in [0, 0.05) is 18.7 Å². The van der Waals surface area contributed by atoms with Gasteiger partial charge in [-0.3, -0.25) is 9.59 Å². The SMILES string of the molecule is CCN(CC(=O)Nc1ccccc1OC)C(=O)CCSC. The largest absolute Gasteiger partial charge is 0.495 e. The van der Waals surface area contributed by atoms with E-state index < -0.39 is 0 Å². The minimum Gasteiger partial charge on any atom is -0.495 e. The number of nitrogens with one attached hydrogen (secondary N) is 1. The van der Waals surface area contributed by atoms with E-state index in [2.05, 4.69) is 5.32 Å². The highest BCUT2D eigenvalue weighted by atomic mass is 32.2. The fraction of sp³-hybridized carbons (Fsp3) is 0.467. The van der Waals surface area contributed by atoms with Crippen LogP contribution in [0.5, 0.6) is 5.75 Å². The van der Waals surface area contributed by atoms with Gasteiger partial charge in [-0.05, 0) is 25.3 Å². The maximum atomic E-state index is 12.1. The van der Waals surface area contributed by atoms with Crippen LogP contribution in [0.4, 0.5) is 5.69 Å². The van der Waals surface area contributed by atoms with Crippen molar-refractivity contribution >= 4 is 29.3 Å². The van der Waals surface area contributed by atoms with Gasteiger partial charge in [-0.2, -0.15) is 11.8 Å². The highest BCUT2D eigenvalue weighted by Gasteiger charge is 2.16. The summed E-state index contributed by atoms with van der Waals surface area (Å²) in [5.41, 5.74) is 0.609. The van der Waals surface area contributed by atoms with Gasteiger partial charge < -0.3 is 15.0 Å². The Morgan fingerprint density at radius 3 is 2.67 bits per heavy atom. The van der Waals surface area contributed by atoms with Crippen molar-refractivity contribution < 1.29 is 14.3 Å². The van der Waals surface area contributed by atoms with Crippen molar-refractivity contribution in [3.8, 4) is 5.75 Å². The van der Waals surface area contributed by atoms with Crippen molar-refractivity contribution in [2.45, 2.75) is 13.3 Å². The van der Waals surface area contributed by atoms with Crippen molar-refractivity contribution in [2.75, 3.05) is 37.5 Å². The molecule has 0 aliphatic heterocycles. The van der Waals surface area contributed by atoms with E-state index in [1.54, 1.807) is 35.9 Å². The second-order valence-corrected chi connectivity index (χ2v) is 5.38. The van der Waals surface area contributed by atoms with E-state index in [0.717, 1.165) is 5.75 Å². The maximum absolute atomic E-state index is 12.1. The lowest BCUT2D eigenvalue weighted by molar-refractivity contribution is -0.134. The van der Waals surface area contributed by atoms with Crippen LogP contribution >= 0.6 is 11.8 Å². The molecule has 1 aromatic rings. The summed E-state index contributed by atoms with van der Waals surface area (Å²) < 4.78 is 5.18. The van der Waals surface area contributed by atoms with Crippen molar-refractivity contribution in [1.82, 2.24) is 4.90 Å². The lowest BCUT2D eigenvalue weighted by atomic mass is 10.3. The minimum absolute atomic E-state index is 0.00188. The molecular formula is C15H22N2O3S. The Morgan fingerprint density at radius 1 is 1.33 bits per heavy atom. The van der Waals surface area contributed by atoms with Gasteiger partial charge in [0.15, 0.2) is 0 Å². The van der Waals surface area contributed by atoms with Crippen LogP contribution in [-0.4, -0.2) is 48.9 Å². The van der Waals surface area contributed by atoms with Gasteiger partial charge in [0.05, 0.1) is 19.3 Å². The number of likely N-dealkylation sites (N-methyl/N-ethyl adjacent to an activating group) is 1. The number of carbonyl (C=O) groups excluding carboxylic acids is 2. The average Bonchev–Trinajstić information content (AvgIpc) is 2.50. The smallest absolute Gasteiger partial charge is 0.244 e. The molecule has 0 atom stereocenters. The number of anilines is 1. The molecule has 1 rings (SSSR count). The summed E-state index contributed by atoms with van der Waals surface area (Å²) in [6.45, 7) is 2.45. The van der Waals surface area contributed by atoms with Crippen LogP contribution in [-0.2, 0) is 9.59 Å². The molecule has 0 bridgehead atoms. The molecule has 0 heterocycles. The molecule has 0 aliphatic rings. The van der Waals surface area contributed by atoms with Crippen LogP contribution < -0.4 is 10.1 Å². The number of ether oxygens (including phenoxy) is 1. The third kappa shape index (κ3) is 5.67. The first kappa shape index (κ1) is 17.4. The molecule has 5 nitrogen and oxygen atoms in total. The molecule has 0 aliphatic carbocycles. The van der Waals surface area contributed by atoms with Crippen LogP contribution in [0, 0.1) is 0 Å². The van der Waals surface area contributed by atoms with Gasteiger partial charge >= 0.3 is 0 Å². The molecule has 0 aromatic heterocycles. The molecule has 0 saturated heterocycles. The number of amides is 2. The minimum atomic E-state index is -0.223. The Hall–Kier alpha value is -1.69. The van der Waals surface area contributed by atoms with Gasteiger partial charge in [0.1, 0.15) is 5.75 Å². The normalized spacial score (nSPS) is 10.0. The quantitative estimate of drug-likeness (QED) is 0.800. The summed E-state index contributed by atoms with van der Waals surface area (Å²) in [5, 5.41) is 2.77. The van der Waals surface area contributed by atoms with Crippen molar-refractivity contribution in [3.63, 3.8) is 0 Å². The highest BCUT2D eigenvalue weighted by molar-refractivity contribution is 7.98. The second kappa shape index (κ2) is 9.28. The van der Waals surface area contributed by atoms with E-state index in [-0.39, 0.29) is 18.4 Å². The lowest BCUT2D eigenvalue weighted by Crippen LogP contribution is -2.38. The van der Waals surface area contributed by atoms with E-state index in [1.165, 1.54) is 0 Å². The van der Waals surface area contributed by atoms with Gasteiger partial charge in [-0.1, -0.05) is 12.1 Å². The number of methoxy groups -OCH3 is 1. The van der Waals surface area contributed by atoms with Crippen LogP contribution in [0.1, 0.15) is 13.3 Å². The maximum Gasteiger partial charge on any atom is 0.244 e. The number of benzene rings is 1. The standard InChI is InChI=1S/C15H22N2O3S/c1-4-17(15(19)9-10-21-3)11-14(18)16-12-7-5-6-8-13(12)20-2/h5-8H,4,9-11H2,1-3H3,(H,16,18). The third-order valence-corrected chi connectivity index (χ3v) is 3.58. The van der Waals surface area contributed by atoms with Crippen molar-refractivity contribution in [3.05, 3.63) is 24.3 Å². The molecule has 0 spiro atoms. The van der Waals surface area contributed by atoms with E-state index in [0.29, 0.717) is 24.4 Å². The molecular weight excluding hydrogens is 288 g/mol. The molecule has 2 amide bonds. The Labute approximate surface area is 130 Å². The lowest BCUT2D eigenvalue weighted by Gasteiger charge is -2.20. The topological polar surface area (TPSA) is 58.6 Å². The van der Waals surface area contributed by atoms with E-state index in [9.17, 15) is 9.59 Å². The first-order chi connectivity index (χ1) is 10.1. The zero-order chi connectivity index (χ0) is 15.7. The summed E-state index contributed by atoms with van der Waals surface area (Å²) in [6.07, 6.45) is 2.41. The predicted molar refractivity (Wildman–Crippen MR) is 86.9 cm³/mol. The molecule has 0 radical (unpaired) electrons. The Kier molecular flexibility index (Phi) is 7.68. The van der Waals surface area contributed by atoms with Crippen molar-refractivity contribution in [2.24, 2.45) is 0 Å². The molecule has 1 aromatic carbocycles. The molecule has 116 valence electrons. The fourth-order valence-corrected chi connectivity index (χ4v) is 2.21. The highest BCUT2D eigenvalue weighted by Crippen LogP contribution is 2.22. The summed E-state index contributed by atoms with van der Waals surface area (Å²) >= 11 is 1.62. The zero-order valence-electron chi connectivity index (χ0n) is 12.7. The number of thioether (sulfide) groups is 1. The molecule has 6 heteroatoms. The van der Waals surface area contributed by atoms with Gasteiger partial charge in [-0.15, -0.1) is 0 Å². The Morgan fingerprint density at radius 2 is 2.05 bits per heavy atom. The first-order valence-corrected chi connectivity index (χ1v) is 8.21. The summed E-state index contributed by atoms with van der Waals surface area (Å²) in [5.74, 6) is 1.15. The van der Waals surface area contributed by atoms with E-state index >= 15 is 0 Å². The molecule has 0 saturated carbocycles. The number of hydrogen-bond donors (Lipinski definition) is 1. The van der Waals surface area contributed by atoms with Gasteiger partial charge in [-0.25, -0.2) is 0 Å². The van der Waals surface area contributed by atoms with E-state index in [1.807, 2.05) is 25.3 Å². The van der Waals surface area contributed by atoms with Gasteiger partial charge in [0.25, 0.3) is 0 Å². The van der Waals surface area contributed by atoms with Crippen LogP contribution in [0.15, 0.2) is 24.3 Å².